The molecule has 0 saturated carbocycles. The highest BCUT2D eigenvalue weighted by atomic mass is 19.1. The fourth-order valence-electron chi connectivity index (χ4n) is 1.59. The van der Waals surface area contributed by atoms with Crippen LogP contribution in [0.2, 0.25) is 0 Å². The molecule has 1 aromatic carbocycles. The Kier molecular flexibility index (Phi) is 4.55. The van der Waals surface area contributed by atoms with Gasteiger partial charge in [-0.3, -0.25) is 9.78 Å². The van der Waals surface area contributed by atoms with Gasteiger partial charge in [-0.2, -0.15) is 0 Å². The Labute approximate surface area is 119 Å². The maximum atomic E-state index is 13.2. The molecule has 108 valence electrons. The van der Waals surface area contributed by atoms with Crippen molar-refractivity contribution in [2.45, 2.75) is 0 Å². The van der Waals surface area contributed by atoms with Gasteiger partial charge < -0.3 is 9.47 Å². The van der Waals surface area contributed by atoms with Gasteiger partial charge in [-0.1, -0.05) is 0 Å². The summed E-state index contributed by atoms with van der Waals surface area (Å²) in [6.45, 7) is -0.546. The summed E-state index contributed by atoms with van der Waals surface area (Å²) in [5.41, 5.74) is -0.0130. The number of benzene rings is 1. The van der Waals surface area contributed by atoms with E-state index in [0.717, 1.165) is 6.07 Å². The lowest BCUT2D eigenvalue weighted by atomic mass is 10.1. The minimum atomic E-state index is -0.785. The third-order valence-corrected chi connectivity index (χ3v) is 2.57. The molecule has 0 aliphatic carbocycles. The first-order chi connectivity index (χ1) is 10.1. The van der Waals surface area contributed by atoms with E-state index in [0.29, 0.717) is 0 Å². The lowest BCUT2D eigenvalue weighted by Gasteiger charge is -2.08. The van der Waals surface area contributed by atoms with Crippen LogP contribution in [0.5, 0.6) is 5.75 Å². The van der Waals surface area contributed by atoms with E-state index < -0.39 is 24.2 Å². The monoisotopic (exact) mass is 290 g/mol. The van der Waals surface area contributed by atoms with E-state index in [9.17, 15) is 14.0 Å². The topological polar surface area (TPSA) is 78.4 Å². The van der Waals surface area contributed by atoms with E-state index >= 15 is 0 Å². The van der Waals surface area contributed by atoms with Crippen LogP contribution in [0.25, 0.3) is 0 Å². The molecule has 0 bridgehead atoms. The van der Waals surface area contributed by atoms with Crippen molar-refractivity contribution in [3.63, 3.8) is 0 Å². The summed E-state index contributed by atoms with van der Waals surface area (Å²) in [6.07, 6.45) is 3.95. The molecule has 0 aliphatic heterocycles. The molecular weight excluding hydrogens is 279 g/mol. The molecular formula is C14H11FN2O4. The summed E-state index contributed by atoms with van der Waals surface area (Å²) in [4.78, 5) is 31.0. The second kappa shape index (κ2) is 6.56. The van der Waals surface area contributed by atoms with Crippen LogP contribution in [0.4, 0.5) is 4.39 Å². The molecule has 0 atom stereocenters. The first-order valence-electron chi connectivity index (χ1n) is 5.91. The Balaban J connectivity index is 2.05. The Morgan fingerprint density at radius 2 is 2.10 bits per heavy atom. The Morgan fingerprint density at radius 3 is 2.76 bits per heavy atom. The van der Waals surface area contributed by atoms with Crippen LogP contribution in [0.1, 0.15) is 20.8 Å². The summed E-state index contributed by atoms with van der Waals surface area (Å²) < 4.78 is 23.0. The van der Waals surface area contributed by atoms with Gasteiger partial charge in [-0.25, -0.2) is 14.2 Å². The lowest BCUT2D eigenvalue weighted by molar-refractivity contribution is 0.0467. The van der Waals surface area contributed by atoms with Gasteiger partial charge in [0.15, 0.2) is 12.3 Å². The quantitative estimate of drug-likeness (QED) is 0.615. The first-order valence-corrected chi connectivity index (χ1v) is 5.91. The maximum Gasteiger partial charge on any atom is 0.358 e. The van der Waals surface area contributed by atoms with Crippen molar-refractivity contribution in [1.29, 1.82) is 0 Å². The smallest absolute Gasteiger partial charge is 0.358 e. The highest BCUT2D eigenvalue weighted by molar-refractivity contribution is 6.01. The number of nitrogens with zero attached hydrogens (tertiary/aromatic N) is 2. The minimum absolute atomic E-state index is 0.00412. The fraction of sp³-hybridized carbons (Fsp3) is 0.143. The zero-order valence-electron chi connectivity index (χ0n) is 11.1. The van der Waals surface area contributed by atoms with Gasteiger partial charge in [0, 0.05) is 12.4 Å². The third kappa shape index (κ3) is 3.59. The molecule has 2 aromatic rings. The summed E-state index contributed by atoms with van der Waals surface area (Å²) >= 11 is 0. The standard InChI is InChI=1S/C14H11FN2O4/c1-20-13-3-2-9(15)6-10(13)12(18)8-21-14(19)11-7-16-4-5-17-11/h2-7H,8H2,1H3. The number of halogens is 1. The lowest BCUT2D eigenvalue weighted by Crippen LogP contribution is -2.16. The molecule has 21 heavy (non-hydrogen) atoms. The van der Waals surface area contributed by atoms with Gasteiger partial charge in [0.25, 0.3) is 0 Å². The Hall–Kier alpha value is -2.83. The molecule has 2 rings (SSSR count). The van der Waals surface area contributed by atoms with E-state index in [1.807, 2.05) is 0 Å². The average Bonchev–Trinajstić information content (AvgIpc) is 2.53. The van der Waals surface area contributed by atoms with E-state index in [-0.39, 0.29) is 17.0 Å². The highest BCUT2D eigenvalue weighted by Gasteiger charge is 2.17. The van der Waals surface area contributed by atoms with Crippen LogP contribution in [0.15, 0.2) is 36.8 Å². The van der Waals surface area contributed by atoms with Crippen LogP contribution >= 0.6 is 0 Å². The number of Topliss-reactive ketones (excluding diaryl/α,β-unsaturated/α-hetero) is 1. The predicted molar refractivity (Wildman–Crippen MR) is 69.6 cm³/mol. The second-order valence-electron chi connectivity index (χ2n) is 3.93. The van der Waals surface area contributed by atoms with Crippen molar-refractivity contribution >= 4 is 11.8 Å². The van der Waals surface area contributed by atoms with E-state index in [4.69, 9.17) is 9.47 Å². The number of ether oxygens (including phenoxy) is 2. The molecule has 1 aromatic heterocycles. The van der Waals surface area contributed by atoms with Crippen LogP contribution in [0, 0.1) is 5.82 Å². The predicted octanol–water partition coefficient (Wildman–Crippen LogP) is 1.66. The number of ketones is 1. The number of aromatic nitrogens is 2. The summed E-state index contributed by atoms with van der Waals surface area (Å²) in [7, 11) is 1.36. The van der Waals surface area contributed by atoms with Crippen molar-refractivity contribution < 1.29 is 23.5 Å². The molecule has 0 spiro atoms. The number of hydrogen-bond donors (Lipinski definition) is 0. The second-order valence-corrected chi connectivity index (χ2v) is 3.93. The van der Waals surface area contributed by atoms with Crippen molar-refractivity contribution in [3.05, 3.63) is 53.9 Å². The molecule has 0 N–H and O–H groups in total. The van der Waals surface area contributed by atoms with Crippen molar-refractivity contribution in [2.75, 3.05) is 13.7 Å². The number of carbonyl (C=O) groups excluding carboxylic acids is 2. The Morgan fingerprint density at radius 1 is 1.29 bits per heavy atom. The fourth-order valence-corrected chi connectivity index (χ4v) is 1.59. The van der Waals surface area contributed by atoms with Gasteiger partial charge >= 0.3 is 5.97 Å². The summed E-state index contributed by atoms with van der Waals surface area (Å²) in [5.74, 6) is -1.74. The number of esters is 1. The number of hydrogen-bond acceptors (Lipinski definition) is 6. The van der Waals surface area contributed by atoms with E-state index in [2.05, 4.69) is 9.97 Å². The van der Waals surface area contributed by atoms with Gasteiger partial charge in [0.05, 0.1) is 18.9 Å². The van der Waals surface area contributed by atoms with Gasteiger partial charge in [0.2, 0.25) is 5.78 Å². The SMILES string of the molecule is COc1ccc(F)cc1C(=O)COC(=O)c1cnccn1. The third-order valence-electron chi connectivity index (χ3n) is 2.57. The molecule has 0 aliphatic rings. The van der Waals surface area contributed by atoms with Crippen molar-refractivity contribution in [1.82, 2.24) is 9.97 Å². The van der Waals surface area contributed by atoms with Crippen LogP contribution in [-0.2, 0) is 4.74 Å². The zero-order valence-corrected chi connectivity index (χ0v) is 11.1. The van der Waals surface area contributed by atoms with Crippen LogP contribution in [0.3, 0.4) is 0 Å². The highest BCUT2D eigenvalue weighted by Crippen LogP contribution is 2.20. The number of rotatable bonds is 5. The van der Waals surface area contributed by atoms with E-state index in [1.165, 1.54) is 37.8 Å². The molecule has 0 fully saturated rings. The summed E-state index contributed by atoms with van der Waals surface area (Å²) in [5, 5.41) is 0. The number of carbonyl (C=O) groups is 2. The zero-order chi connectivity index (χ0) is 15.2. The van der Waals surface area contributed by atoms with Crippen LogP contribution < -0.4 is 4.74 Å². The van der Waals surface area contributed by atoms with Gasteiger partial charge in [-0.15, -0.1) is 0 Å². The van der Waals surface area contributed by atoms with Crippen molar-refractivity contribution in [2.24, 2.45) is 0 Å². The molecule has 0 amide bonds. The van der Waals surface area contributed by atoms with E-state index in [1.54, 1.807) is 0 Å². The molecule has 0 saturated heterocycles. The van der Waals surface area contributed by atoms with Crippen LogP contribution in [-0.4, -0.2) is 35.4 Å². The summed E-state index contributed by atoms with van der Waals surface area (Å²) in [6, 6.07) is 3.52. The molecule has 0 radical (unpaired) electrons. The molecule has 0 unspecified atom stereocenters. The van der Waals surface area contributed by atoms with Gasteiger partial charge in [-0.05, 0) is 18.2 Å². The minimum Gasteiger partial charge on any atom is -0.496 e. The molecule has 6 nitrogen and oxygen atoms in total. The Bertz CT molecular complexity index is 661. The van der Waals surface area contributed by atoms with Gasteiger partial charge in [0.1, 0.15) is 11.6 Å². The number of methoxy groups -OCH3 is 1. The van der Waals surface area contributed by atoms with Crippen molar-refractivity contribution in [3.8, 4) is 5.75 Å². The first kappa shape index (κ1) is 14.6. The average molecular weight is 290 g/mol. The molecule has 1 heterocycles. The normalized spacial score (nSPS) is 10.0. The molecule has 7 heteroatoms. The maximum absolute atomic E-state index is 13.2. The largest absolute Gasteiger partial charge is 0.496 e.